The molecule has 0 unspecified atom stereocenters. The summed E-state index contributed by atoms with van der Waals surface area (Å²) in [5, 5.41) is 14.5. The molecule has 4 nitrogen and oxygen atoms in total. The first-order valence-electron chi connectivity index (χ1n) is 3.19. The molecule has 11 heavy (non-hydrogen) atoms. The zero-order valence-corrected chi connectivity index (χ0v) is 5.91. The van der Waals surface area contributed by atoms with Crippen LogP contribution in [0.1, 0.15) is 0 Å². The fourth-order valence-corrected chi connectivity index (χ4v) is 0.806. The number of nitrogens with zero attached hydrogens (tertiary/aromatic N) is 1. The lowest BCUT2D eigenvalue weighted by molar-refractivity contribution is 0.326. The standard InChI is InChI=1S/C7H9N3O/c8-10-7-4-2-1-3-6(7)9-5-11/h1-4,8-9,11H,5H2. The van der Waals surface area contributed by atoms with Gasteiger partial charge in [-0.05, 0) is 12.1 Å². The highest BCUT2D eigenvalue weighted by Crippen LogP contribution is 2.22. The third kappa shape index (κ3) is 1.75. The summed E-state index contributed by atoms with van der Waals surface area (Å²) in [6, 6.07) is 7.05. The summed E-state index contributed by atoms with van der Waals surface area (Å²) >= 11 is 0. The highest BCUT2D eigenvalue weighted by molar-refractivity contribution is 5.64. The zero-order valence-electron chi connectivity index (χ0n) is 5.91. The summed E-state index contributed by atoms with van der Waals surface area (Å²) in [4.78, 5) is 0. The van der Waals surface area contributed by atoms with E-state index in [-0.39, 0.29) is 6.73 Å². The van der Waals surface area contributed by atoms with E-state index in [0.29, 0.717) is 11.4 Å². The molecule has 0 aliphatic rings. The number of hydrogen-bond acceptors (Lipinski definition) is 4. The van der Waals surface area contributed by atoms with Crippen molar-refractivity contribution in [2.45, 2.75) is 0 Å². The monoisotopic (exact) mass is 151 g/mol. The van der Waals surface area contributed by atoms with Gasteiger partial charge in [-0.3, -0.25) is 0 Å². The summed E-state index contributed by atoms with van der Waals surface area (Å²) in [5.74, 6) is 0. The van der Waals surface area contributed by atoms with E-state index < -0.39 is 0 Å². The van der Waals surface area contributed by atoms with Gasteiger partial charge in [-0.2, -0.15) is 5.11 Å². The summed E-state index contributed by atoms with van der Waals surface area (Å²) in [7, 11) is 0. The van der Waals surface area contributed by atoms with Crippen LogP contribution in [0.25, 0.3) is 0 Å². The third-order valence-electron chi connectivity index (χ3n) is 1.29. The van der Waals surface area contributed by atoms with E-state index in [1.165, 1.54) is 0 Å². The number of aliphatic hydroxyl groups is 1. The van der Waals surface area contributed by atoms with Gasteiger partial charge in [0.05, 0.1) is 5.69 Å². The Kier molecular flexibility index (Phi) is 2.57. The Morgan fingerprint density at radius 1 is 1.45 bits per heavy atom. The molecule has 3 N–H and O–H groups in total. The largest absolute Gasteiger partial charge is 0.377 e. The first-order valence-corrected chi connectivity index (χ1v) is 3.19. The molecule has 0 bridgehead atoms. The number of benzene rings is 1. The lowest BCUT2D eigenvalue weighted by Gasteiger charge is -2.03. The number of nitrogens with one attached hydrogen (secondary N) is 2. The molecule has 0 amide bonds. The van der Waals surface area contributed by atoms with Gasteiger partial charge in [0.15, 0.2) is 0 Å². The lowest BCUT2D eigenvalue weighted by Crippen LogP contribution is -1.98. The van der Waals surface area contributed by atoms with E-state index in [0.717, 1.165) is 0 Å². The van der Waals surface area contributed by atoms with Crippen molar-refractivity contribution in [3.63, 3.8) is 0 Å². The molecule has 0 aliphatic carbocycles. The second-order valence-corrected chi connectivity index (χ2v) is 1.96. The maximum Gasteiger partial charge on any atom is 0.113 e. The van der Waals surface area contributed by atoms with E-state index >= 15 is 0 Å². The van der Waals surface area contributed by atoms with E-state index in [1.54, 1.807) is 18.2 Å². The van der Waals surface area contributed by atoms with Crippen molar-refractivity contribution in [2.24, 2.45) is 5.11 Å². The van der Waals surface area contributed by atoms with Gasteiger partial charge >= 0.3 is 0 Å². The van der Waals surface area contributed by atoms with Crippen LogP contribution in [0.5, 0.6) is 0 Å². The Labute approximate surface area is 64.4 Å². The van der Waals surface area contributed by atoms with Crippen LogP contribution in [0.3, 0.4) is 0 Å². The average Bonchev–Trinajstić information content (AvgIpc) is 2.06. The van der Waals surface area contributed by atoms with Crippen LogP contribution < -0.4 is 5.32 Å². The van der Waals surface area contributed by atoms with Gasteiger partial charge < -0.3 is 10.4 Å². The van der Waals surface area contributed by atoms with Crippen molar-refractivity contribution in [2.75, 3.05) is 12.0 Å². The molecule has 4 heteroatoms. The van der Waals surface area contributed by atoms with Crippen molar-refractivity contribution in [3.8, 4) is 0 Å². The molecule has 0 fully saturated rings. The van der Waals surface area contributed by atoms with Gasteiger partial charge in [-0.25, -0.2) is 5.53 Å². The number of hydrogen-bond donors (Lipinski definition) is 3. The van der Waals surface area contributed by atoms with Crippen LogP contribution in [-0.2, 0) is 0 Å². The van der Waals surface area contributed by atoms with Crippen molar-refractivity contribution in [1.29, 1.82) is 5.53 Å². The summed E-state index contributed by atoms with van der Waals surface area (Å²) in [6.07, 6.45) is 0. The predicted molar refractivity (Wildman–Crippen MR) is 42.0 cm³/mol. The quantitative estimate of drug-likeness (QED) is 0.454. The minimum absolute atomic E-state index is 0.146. The summed E-state index contributed by atoms with van der Waals surface area (Å²) < 4.78 is 0. The molecule has 0 heterocycles. The molecular weight excluding hydrogens is 142 g/mol. The Morgan fingerprint density at radius 2 is 2.18 bits per heavy atom. The van der Waals surface area contributed by atoms with E-state index in [2.05, 4.69) is 10.4 Å². The normalized spacial score (nSPS) is 9.18. The maximum absolute atomic E-state index is 8.53. The SMILES string of the molecule is N=Nc1ccccc1NCO. The van der Waals surface area contributed by atoms with Gasteiger partial charge in [0, 0.05) is 0 Å². The lowest BCUT2D eigenvalue weighted by atomic mass is 10.3. The Morgan fingerprint density at radius 3 is 2.82 bits per heavy atom. The first kappa shape index (κ1) is 7.68. The number of rotatable bonds is 3. The second-order valence-electron chi connectivity index (χ2n) is 1.96. The van der Waals surface area contributed by atoms with Gasteiger partial charge in [0.25, 0.3) is 0 Å². The number of para-hydroxylation sites is 2. The van der Waals surface area contributed by atoms with E-state index in [9.17, 15) is 0 Å². The van der Waals surface area contributed by atoms with Crippen LogP contribution in [-0.4, -0.2) is 11.8 Å². The van der Waals surface area contributed by atoms with Crippen molar-refractivity contribution >= 4 is 11.4 Å². The minimum Gasteiger partial charge on any atom is -0.377 e. The topological polar surface area (TPSA) is 68.5 Å². The molecule has 1 aromatic carbocycles. The fraction of sp³-hybridized carbons (Fsp3) is 0.143. The molecular formula is C7H9N3O. The van der Waals surface area contributed by atoms with Gasteiger partial charge in [0.1, 0.15) is 12.4 Å². The molecule has 0 aliphatic heterocycles. The summed E-state index contributed by atoms with van der Waals surface area (Å²) in [5.41, 5.74) is 7.97. The molecule has 0 atom stereocenters. The van der Waals surface area contributed by atoms with Crippen molar-refractivity contribution < 1.29 is 5.11 Å². The molecule has 0 saturated heterocycles. The molecule has 0 aromatic heterocycles. The van der Waals surface area contributed by atoms with Gasteiger partial charge in [0.2, 0.25) is 0 Å². The maximum atomic E-state index is 8.53. The second kappa shape index (κ2) is 3.68. The molecule has 0 radical (unpaired) electrons. The Bertz CT molecular complexity index is 249. The third-order valence-corrected chi connectivity index (χ3v) is 1.29. The smallest absolute Gasteiger partial charge is 0.113 e. The number of anilines is 1. The van der Waals surface area contributed by atoms with Crippen molar-refractivity contribution in [1.82, 2.24) is 0 Å². The fourth-order valence-electron chi connectivity index (χ4n) is 0.806. The predicted octanol–water partition coefficient (Wildman–Crippen LogP) is 1.71. The van der Waals surface area contributed by atoms with Crippen molar-refractivity contribution in [3.05, 3.63) is 24.3 Å². The van der Waals surface area contributed by atoms with Gasteiger partial charge in [-0.15, -0.1) is 0 Å². The molecule has 58 valence electrons. The highest BCUT2D eigenvalue weighted by atomic mass is 16.3. The molecule has 0 saturated carbocycles. The van der Waals surface area contributed by atoms with Crippen LogP contribution in [0.2, 0.25) is 0 Å². The zero-order chi connectivity index (χ0) is 8.10. The highest BCUT2D eigenvalue weighted by Gasteiger charge is 1.96. The van der Waals surface area contributed by atoms with E-state index in [1.807, 2.05) is 6.07 Å². The average molecular weight is 151 g/mol. The number of aliphatic hydroxyl groups excluding tert-OH is 1. The van der Waals surface area contributed by atoms with Crippen LogP contribution in [0, 0.1) is 5.53 Å². The van der Waals surface area contributed by atoms with Crippen LogP contribution in [0.15, 0.2) is 29.4 Å². The van der Waals surface area contributed by atoms with Crippen LogP contribution in [0.4, 0.5) is 11.4 Å². The Balaban J connectivity index is 2.92. The van der Waals surface area contributed by atoms with Crippen LogP contribution >= 0.6 is 0 Å². The summed E-state index contributed by atoms with van der Waals surface area (Å²) in [6.45, 7) is -0.146. The van der Waals surface area contributed by atoms with E-state index in [4.69, 9.17) is 10.6 Å². The molecule has 0 spiro atoms. The minimum atomic E-state index is -0.146. The molecule has 1 rings (SSSR count). The van der Waals surface area contributed by atoms with Gasteiger partial charge in [-0.1, -0.05) is 12.1 Å². The first-order chi connectivity index (χ1) is 5.38. The molecule has 1 aromatic rings. The Hall–Kier alpha value is -1.42.